The predicted molar refractivity (Wildman–Crippen MR) is 82.3 cm³/mol. The van der Waals surface area contributed by atoms with Crippen LogP contribution in [0.1, 0.15) is 12.8 Å². The minimum Gasteiger partial charge on any atom is -0.356 e. The minimum atomic E-state index is 0.565. The molecule has 3 aromatic rings. The van der Waals surface area contributed by atoms with Gasteiger partial charge in [0.15, 0.2) is 5.65 Å². The highest BCUT2D eigenvalue weighted by molar-refractivity contribution is 5.71. The zero-order valence-electron chi connectivity index (χ0n) is 12.2. The van der Waals surface area contributed by atoms with Crippen molar-refractivity contribution < 1.29 is 0 Å². The summed E-state index contributed by atoms with van der Waals surface area (Å²) in [6.45, 7) is 2.93. The van der Waals surface area contributed by atoms with E-state index in [1.54, 1.807) is 25.0 Å². The molecule has 0 spiro atoms. The van der Waals surface area contributed by atoms with E-state index >= 15 is 0 Å². The molecule has 0 N–H and O–H groups in total. The van der Waals surface area contributed by atoms with Gasteiger partial charge in [0.25, 0.3) is 0 Å². The van der Waals surface area contributed by atoms with Gasteiger partial charge in [-0.05, 0) is 30.9 Å². The summed E-state index contributed by atoms with van der Waals surface area (Å²) in [5.41, 5.74) is 1.54. The van der Waals surface area contributed by atoms with Crippen LogP contribution in [0.2, 0.25) is 0 Å². The number of nitrogens with zero attached hydrogens (tertiary/aromatic N) is 7. The van der Waals surface area contributed by atoms with Gasteiger partial charge in [0.05, 0.1) is 0 Å². The second-order valence-corrected chi connectivity index (χ2v) is 5.64. The molecule has 112 valence electrons. The van der Waals surface area contributed by atoms with Gasteiger partial charge < -0.3 is 4.90 Å². The van der Waals surface area contributed by atoms with Gasteiger partial charge in [0.1, 0.15) is 24.0 Å². The van der Waals surface area contributed by atoms with Crippen LogP contribution in [0.25, 0.3) is 11.2 Å². The van der Waals surface area contributed by atoms with Crippen molar-refractivity contribution in [2.24, 2.45) is 5.92 Å². The second kappa shape index (κ2) is 5.67. The highest BCUT2D eigenvalue weighted by Gasteiger charge is 2.21. The van der Waals surface area contributed by atoms with E-state index in [1.165, 1.54) is 12.8 Å². The Balaban J connectivity index is 1.53. The molecule has 0 saturated carbocycles. The molecule has 1 unspecified atom stereocenters. The monoisotopic (exact) mass is 295 g/mol. The van der Waals surface area contributed by atoms with E-state index in [2.05, 4.69) is 29.9 Å². The summed E-state index contributed by atoms with van der Waals surface area (Å²) in [4.78, 5) is 19.6. The Morgan fingerprint density at radius 1 is 1.18 bits per heavy atom. The lowest BCUT2D eigenvalue weighted by atomic mass is 9.98. The summed E-state index contributed by atoms with van der Waals surface area (Å²) in [5.74, 6) is 1.55. The van der Waals surface area contributed by atoms with Crippen LogP contribution in [0.4, 0.5) is 5.82 Å². The zero-order chi connectivity index (χ0) is 14.8. The van der Waals surface area contributed by atoms with Gasteiger partial charge in [-0.25, -0.2) is 15.0 Å². The average molecular weight is 295 g/mol. The summed E-state index contributed by atoms with van der Waals surface area (Å²) < 4.78 is 1.91. The molecule has 7 heteroatoms. The zero-order valence-corrected chi connectivity index (χ0v) is 12.2. The van der Waals surface area contributed by atoms with Crippen molar-refractivity contribution in [2.45, 2.75) is 19.4 Å². The van der Waals surface area contributed by atoms with E-state index in [0.717, 1.165) is 31.0 Å². The van der Waals surface area contributed by atoms with Crippen molar-refractivity contribution in [3.8, 4) is 0 Å². The van der Waals surface area contributed by atoms with E-state index in [0.29, 0.717) is 11.6 Å². The maximum Gasteiger partial charge on any atom is 0.180 e. The third-order valence-corrected chi connectivity index (χ3v) is 4.07. The number of aromatic nitrogens is 6. The smallest absolute Gasteiger partial charge is 0.180 e. The Labute approximate surface area is 128 Å². The first-order chi connectivity index (χ1) is 10.9. The average Bonchev–Trinajstić information content (AvgIpc) is 3.08. The van der Waals surface area contributed by atoms with Crippen LogP contribution in [-0.4, -0.2) is 42.8 Å². The second-order valence-electron chi connectivity index (χ2n) is 5.64. The number of anilines is 1. The Bertz CT molecular complexity index is 755. The summed E-state index contributed by atoms with van der Waals surface area (Å²) in [7, 11) is 0. The first-order valence-corrected chi connectivity index (χ1v) is 7.53. The van der Waals surface area contributed by atoms with E-state index in [9.17, 15) is 0 Å². The Hall–Kier alpha value is -2.57. The van der Waals surface area contributed by atoms with E-state index in [4.69, 9.17) is 0 Å². The van der Waals surface area contributed by atoms with E-state index < -0.39 is 0 Å². The molecule has 1 fully saturated rings. The molecule has 7 nitrogen and oxygen atoms in total. The van der Waals surface area contributed by atoms with Crippen LogP contribution in [0.15, 0.2) is 37.2 Å². The molecule has 3 aromatic heterocycles. The maximum atomic E-state index is 4.65. The molecule has 4 rings (SSSR count). The molecular formula is C15H17N7. The van der Waals surface area contributed by atoms with E-state index in [1.807, 2.05) is 16.8 Å². The Morgan fingerprint density at radius 2 is 2.14 bits per heavy atom. The highest BCUT2D eigenvalue weighted by atomic mass is 15.3. The van der Waals surface area contributed by atoms with Crippen molar-refractivity contribution in [1.29, 1.82) is 0 Å². The quantitative estimate of drug-likeness (QED) is 0.729. The largest absolute Gasteiger partial charge is 0.356 e. The number of pyridine rings is 1. The SMILES string of the molecule is c1cnc2nc(N3CCCC(Cn4cncn4)C3)ccc2n1. The van der Waals surface area contributed by atoms with Gasteiger partial charge >= 0.3 is 0 Å². The van der Waals surface area contributed by atoms with Gasteiger partial charge in [-0.2, -0.15) is 5.10 Å². The van der Waals surface area contributed by atoms with Crippen LogP contribution in [0.3, 0.4) is 0 Å². The number of fused-ring (bicyclic) bond motifs is 1. The van der Waals surface area contributed by atoms with Crippen LogP contribution < -0.4 is 4.90 Å². The molecule has 0 amide bonds. The number of rotatable bonds is 3. The van der Waals surface area contributed by atoms with Crippen LogP contribution >= 0.6 is 0 Å². The molecular weight excluding hydrogens is 278 g/mol. The number of piperidine rings is 1. The molecule has 1 aliphatic heterocycles. The van der Waals surface area contributed by atoms with Crippen LogP contribution in [-0.2, 0) is 6.54 Å². The van der Waals surface area contributed by atoms with E-state index in [-0.39, 0.29) is 0 Å². The van der Waals surface area contributed by atoms with Crippen molar-refractivity contribution in [2.75, 3.05) is 18.0 Å². The lowest BCUT2D eigenvalue weighted by Crippen LogP contribution is -2.37. The molecule has 0 radical (unpaired) electrons. The molecule has 22 heavy (non-hydrogen) atoms. The fraction of sp³-hybridized carbons (Fsp3) is 0.400. The molecule has 4 heterocycles. The van der Waals surface area contributed by atoms with Gasteiger partial charge in [0.2, 0.25) is 0 Å². The van der Waals surface area contributed by atoms with Crippen molar-refractivity contribution in [1.82, 2.24) is 29.7 Å². The lowest BCUT2D eigenvalue weighted by molar-refractivity contribution is 0.350. The fourth-order valence-electron chi connectivity index (χ4n) is 3.03. The number of hydrogen-bond donors (Lipinski definition) is 0. The first-order valence-electron chi connectivity index (χ1n) is 7.53. The minimum absolute atomic E-state index is 0.565. The Kier molecular flexibility index (Phi) is 3.38. The summed E-state index contributed by atoms with van der Waals surface area (Å²) >= 11 is 0. The third kappa shape index (κ3) is 2.61. The molecule has 0 aromatic carbocycles. The van der Waals surface area contributed by atoms with Gasteiger partial charge in [0, 0.05) is 32.0 Å². The summed E-state index contributed by atoms with van der Waals surface area (Å²) in [5, 5.41) is 4.20. The molecule has 0 bridgehead atoms. The van der Waals surface area contributed by atoms with Crippen LogP contribution in [0.5, 0.6) is 0 Å². The van der Waals surface area contributed by atoms with Crippen molar-refractivity contribution in [3.63, 3.8) is 0 Å². The van der Waals surface area contributed by atoms with Gasteiger partial charge in [-0.1, -0.05) is 0 Å². The standard InChI is InChI=1S/C15H17N7/c1-2-12(9-22-11-16-10-19-22)8-21(7-1)14-4-3-13-15(20-14)18-6-5-17-13/h3-6,10-12H,1-2,7-9H2. The Morgan fingerprint density at radius 3 is 3.05 bits per heavy atom. The molecule has 0 aliphatic carbocycles. The summed E-state index contributed by atoms with van der Waals surface area (Å²) in [6, 6.07) is 4.03. The maximum absolute atomic E-state index is 4.65. The first kappa shape index (κ1) is 13.1. The van der Waals surface area contributed by atoms with Gasteiger partial charge in [-0.3, -0.25) is 9.67 Å². The predicted octanol–water partition coefficient (Wildman–Crippen LogP) is 1.53. The summed E-state index contributed by atoms with van der Waals surface area (Å²) in [6.07, 6.45) is 9.12. The lowest BCUT2D eigenvalue weighted by Gasteiger charge is -2.33. The van der Waals surface area contributed by atoms with Crippen LogP contribution in [0, 0.1) is 5.92 Å². The van der Waals surface area contributed by atoms with Crippen molar-refractivity contribution >= 4 is 17.0 Å². The highest BCUT2D eigenvalue weighted by Crippen LogP contribution is 2.23. The fourth-order valence-corrected chi connectivity index (χ4v) is 3.03. The number of hydrogen-bond acceptors (Lipinski definition) is 6. The van der Waals surface area contributed by atoms with Gasteiger partial charge in [-0.15, -0.1) is 0 Å². The molecule has 1 aliphatic rings. The normalized spacial score (nSPS) is 18.7. The molecule has 1 atom stereocenters. The third-order valence-electron chi connectivity index (χ3n) is 4.07. The molecule has 1 saturated heterocycles. The topological polar surface area (TPSA) is 72.6 Å². The van der Waals surface area contributed by atoms with Crippen molar-refractivity contribution in [3.05, 3.63) is 37.2 Å².